The maximum absolute atomic E-state index is 14.4. The summed E-state index contributed by atoms with van der Waals surface area (Å²) in [5.74, 6) is -1.29. The molecule has 0 aromatic heterocycles. The highest BCUT2D eigenvalue weighted by atomic mass is 19.1. The summed E-state index contributed by atoms with van der Waals surface area (Å²) < 4.78 is 27.4. The lowest BCUT2D eigenvalue weighted by Crippen LogP contribution is -2.26. The van der Waals surface area contributed by atoms with Gasteiger partial charge in [-0.25, -0.2) is 13.8 Å². The molecular weight excluding hydrogens is 336 g/mol. The van der Waals surface area contributed by atoms with Crippen molar-refractivity contribution in [3.63, 3.8) is 0 Å². The van der Waals surface area contributed by atoms with Crippen LogP contribution in [0.25, 0.3) is 0 Å². The number of ketones is 1. The Balaban J connectivity index is 2.17. The van der Waals surface area contributed by atoms with Crippen molar-refractivity contribution in [3.8, 4) is 0 Å². The van der Waals surface area contributed by atoms with Crippen LogP contribution >= 0.6 is 0 Å². The van der Waals surface area contributed by atoms with E-state index in [1.165, 1.54) is 24.3 Å². The van der Waals surface area contributed by atoms with E-state index in [9.17, 15) is 13.6 Å². The first-order valence-corrected chi connectivity index (χ1v) is 8.36. The summed E-state index contributed by atoms with van der Waals surface area (Å²) in [5.41, 5.74) is 1.92. The summed E-state index contributed by atoms with van der Waals surface area (Å²) in [6.45, 7) is 4.55. The SMILES string of the molecule is CCN(C)C=Nc1cc(F)c(C(=O)CN(C)c2ccc(F)cc2)cc1C. The largest absolute Gasteiger partial charge is 0.367 e. The minimum Gasteiger partial charge on any atom is -0.367 e. The van der Waals surface area contributed by atoms with Crippen LogP contribution in [0.1, 0.15) is 22.8 Å². The molecule has 0 aliphatic heterocycles. The van der Waals surface area contributed by atoms with Gasteiger partial charge in [0.2, 0.25) is 0 Å². The molecule has 0 atom stereocenters. The molecule has 138 valence electrons. The van der Waals surface area contributed by atoms with Crippen molar-refractivity contribution >= 4 is 23.5 Å². The van der Waals surface area contributed by atoms with Crippen LogP contribution in [-0.4, -0.2) is 44.2 Å². The van der Waals surface area contributed by atoms with E-state index in [1.54, 1.807) is 37.3 Å². The zero-order chi connectivity index (χ0) is 19.3. The molecule has 0 unspecified atom stereocenters. The first kappa shape index (κ1) is 19.6. The lowest BCUT2D eigenvalue weighted by Gasteiger charge is -2.19. The minimum atomic E-state index is -0.598. The van der Waals surface area contributed by atoms with Crippen LogP contribution in [0.3, 0.4) is 0 Å². The van der Waals surface area contributed by atoms with Crippen molar-refractivity contribution < 1.29 is 13.6 Å². The summed E-state index contributed by atoms with van der Waals surface area (Å²) in [6.07, 6.45) is 1.63. The van der Waals surface area contributed by atoms with E-state index in [0.29, 0.717) is 11.4 Å². The molecule has 4 nitrogen and oxygen atoms in total. The van der Waals surface area contributed by atoms with Gasteiger partial charge < -0.3 is 9.80 Å². The summed E-state index contributed by atoms with van der Waals surface area (Å²) in [4.78, 5) is 20.3. The van der Waals surface area contributed by atoms with Crippen molar-refractivity contribution in [2.45, 2.75) is 13.8 Å². The van der Waals surface area contributed by atoms with Crippen molar-refractivity contribution in [2.75, 3.05) is 32.1 Å². The van der Waals surface area contributed by atoms with Crippen molar-refractivity contribution in [3.05, 3.63) is 59.2 Å². The average Bonchev–Trinajstić information content (AvgIpc) is 2.62. The molecule has 0 aliphatic rings. The number of carbonyl (C=O) groups is 1. The smallest absolute Gasteiger partial charge is 0.185 e. The molecule has 0 amide bonds. The third kappa shape index (κ3) is 4.88. The fourth-order valence-corrected chi connectivity index (χ4v) is 2.35. The lowest BCUT2D eigenvalue weighted by molar-refractivity contribution is 0.0996. The number of Topliss-reactive ketones (excluding diaryl/α,β-unsaturated/α-hetero) is 1. The van der Waals surface area contributed by atoms with E-state index >= 15 is 0 Å². The van der Waals surface area contributed by atoms with Crippen LogP contribution in [0.15, 0.2) is 41.4 Å². The van der Waals surface area contributed by atoms with Crippen molar-refractivity contribution in [1.82, 2.24) is 4.90 Å². The maximum atomic E-state index is 14.4. The van der Waals surface area contributed by atoms with E-state index in [1.807, 2.05) is 18.9 Å². The average molecular weight is 359 g/mol. The van der Waals surface area contributed by atoms with Gasteiger partial charge in [0, 0.05) is 32.4 Å². The highest BCUT2D eigenvalue weighted by Gasteiger charge is 2.16. The van der Waals surface area contributed by atoms with E-state index in [2.05, 4.69) is 4.99 Å². The van der Waals surface area contributed by atoms with Gasteiger partial charge in [-0.05, 0) is 49.7 Å². The third-order valence-electron chi connectivity index (χ3n) is 4.13. The minimum absolute atomic E-state index is 0.0107. The van der Waals surface area contributed by atoms with Gasteiger partial charge >= 0.3 is 0 Å². The van der Waals surface area contributed by atoms with Crippen LogP contribution in [0, 0.1) is 18.6 Å². The normalized spacial score (nSPS) is 11.0. The Morgan fingerprint density at radius 2 is 1.81 bits per heavy atom. The molecule has 0 N–H and O–H groups in total. The Hall–Kier alpha value is -2.76. The Labute approximate surface area is 152 Å². The van der Waals surface area contributed by atoms with Crippen LogP contribution in [-0.2, 0) is 0 Å². The molecule has 2 rings (SSSR count). The van der Waals surface area contributed by atoms with Crippen molar-refractivity contribution in [2.24, 2.45) is 4.99 Å². The number of benzene rings is 2. The Kier molecular flexibility index (Phi) is 6.44. The molecule has 26 heavy (non-hydrogen) atoms. The lowest BCUT2D eigenvalue weighted by atomic mass is 10.0. The summed E-state index contributed by atoms with van der Waals surface area (Å²) in [5, 5.41) is 0. The molecule has 0 saturated carbocycles. The van der Waals surface area contributed by atoms with Gasteiger partial charge in [-0.1, -0.05) is 0 Å². The van der Waals surface area contributed by atoms with Gasteiger partial charge in [0.15, 0.2) is 5.78 Å². The van der Waals surface area contributed by atoms with Crippen LogP contribution in [0.5, 0.6) is 0 Å². The third-order valence-corrected chi connectivity index (χ3v) is 4.13. The van der Waals surface area contributed by atoms with Crippen LogP contribution in [0.4, 0.5) is 20.2 Å². The zero-order valence-corrected chi connectivity index (χ0v) is 15.5. The van der Waals surface area contributed by atoms with Gasteiger partial charge in [-0.15, -0.1) is 0 Å². The van der Waals surface area contributed by atoms with Gasteiger partial charge in [0.1, 0.15) is 11.6 Å². The number of nitrogens with zero attached hydrogens (tertiary/aromatic N) is 3. The second-order valence-electron chi connectivity index (χ2n) is 6.19. The van der Waals surface area contributed by atoms with Gasteiger partial charge in [0.25, 0.3) is 0 Å². The highest BCUT2D eigenvalue weighted by Crippen LogP contribution is 2.23. The molecule has 0 fully saturated rings. The summed E-state index contributed by atoms with van der Waals surface area (Å²) in [6, 6.07) is 8.59. The molecule has 6 heteroatoms. The quantitative estimate of drug-likeness (QED) is 0.422. The van der Waals surface area contributed by atoms with Gasteiger partial charge in [0.05, 0.1) is 24.1 Å². The number of rotatable bonds is 7. The van der Waals surface area contributed by atoms with Crippen molar-refractivity contribution in [1.29, 1.82) is 0 Å². The molecule has 0 spiro atoms. The summed E-state index contributed by atoms with van der Waals surface area (Å²) in [7, 11) is 3.58. The second-order valence-corrected chi connectivity index (χ2v) is 6.19. The first-order valence-electron chi connectivity index (χ1n) is 8.36. The monoisotopic (exact) mass is 359 g/mol. The number of halogens is 2. The first-order chi connectivity index (χ1) is 12.3. The van der Waals surface area contributed by atoms with Gasteiger partial charge in [-0.3, -0.25) is 4.79 Å². The predicted molar refractivity (Wildman–Crippen MR) is 102 cm³/mol. The molecule has 2 aromatic carbocycles. The standard InChI is InChI=1S/C20H23F2N3O/c1-5-24(3)13-23-19-11-18(22)17(10-14(19)2)20(26)12-25(4)16-8-6-15(21)7-9-16/h6-11,13H,5,12H2,1-4H3. The van der Waals surface area contributed by atoms with E-state index in [-0.39, 0.29) is 23.7 Å². The molecule has 0 heterocycles. The number of hydrogen-bond acceptors (Lipinski definition) is 3. The van der Waals surface area contributed by atoms with Crippen LogP contribution in [0.2, 0.25) is 0 Å². The number of hydrogen-bond donors (Lipinski definition) is 0. The molecule has 0 saturated heterocycles. The highest BCUT2D eigenvalue weighted by molar-refractivity contribution is 6.00. The maximum Gasteiger partial charge on any atom is 0.185 e. The number of likely N-dealkylation sites (N-methyl/N-ethyl adjacent to an activating group) is 1. The number of aliphatic imine (C=N–C) groups is 1. The molecule has 0 bridgehead atoms. The summed E-state index contributed by atoms with van der Waals surface area (Å²) >= 11 is 0. The van der Waals surface area contributed by atoms with E-state index < -0.39 is 5.82 Å². The Morgan fingerprint density at radius 3 is 2.42 bits per heavy atom. The van der Waals surface area contributed by atoms with E-state index in [4.69, 9.17) is 0 Å². The predicted octanol–water partition coefficient (Wildman–Crippen LogP) is 4.20. The molecular formula is C20H23F2N3O. The Morgan fingerprint density at radius 1 is 1.15 bits per heavy atom. The number of aryl methyl sites for hydroxylation is 1. The number of anilines is 1. The fraction of sp³-hybridized carbons (Fsp3) is 0.300. The van der Waals surface area contributed by atoms with E-state index in [0.717, 1.165) is 12.1 Å². The number of carbonyl (C=O) groups excluding carboxylic acids is 1. The Bertz CT molecular complexity index is 803. The fourth-order valence-electron chi connectivity index (χ4n) is 2.35. The molecule has 2 aromatic rings. The zero-order valence-electron chi connectivity index (χ0n) is 15.5. The second kappa shape index (κ2) is 8.56. The molecule has 0 aliphatic carbocycles. The van der Waals surface area contributed by atoms with Crippen LogP contribution < -0.4 is 4.90 Å². The topological polar surface area (TPSA) is 35.9 Å². The molecule has 0 radical (unpaired) electrons. The van der Waals surface area contributed by atoms with Gasteiger partial charge in [-0.2, -0.15) is 0 Å².